The van der Waals surface area contributed by atoms with Gasteiger partial charge in [-0.15, -0.1) is 0 Å². The fourth-order valence-electron chi connectivity index (χ4n) is 6.55. The van der Waals surface area contributed by atoms with Crippen molar-refractivity contribution in [1.29, 1.82) is 0 Å². The third-order valence-electron chi connectivity index (χ3n) is 7.84. The molecule has 2 saturated carbocycles. The lowest BCUT2D eigenvalue weighted by Crippen LogP contribution is -2.41. The number of rotatable bonds is 3. The van der Waals surface area contributed by atoms with Crippen LogP contribution in [-0.4, -0.2) is 48.8 Å². The van der Waals surface area contributed by atoms with E-state index in [9.17, 15) is 8.42 Å². The monoisotopic (exact) mass is 428 g/mol. The molecule has 3 fully saturated rings. The summed E-state index contributed by atoms with van der Waals surface area (Å²) in [6, 6.07) is 8.05. The normalized spacial score (nSPS) is 33.2. The second kappa shape index (κ2) is 6.80. The number of hydrogen-bond donors (Lipinski definition) is 1. The summed E-state index contributed by atoms with van der Waals surface area (Å²) >= 11 is 0. The molecule has 160 valence electrons. The lowest BCUT2D eigenvalue weighted by molar-refractivity contribution is 0.0730. The van der Waals surface area contributed by atoms with Gasteiger partial charge in [0, 0.05) is 32.0 Å². The van der Waals surface area contributed by atoms with Crippen LogP contribution in [0, 0.1) is 17.8 Å². The second-order valence-electron chi connectivity index (χ2n) is 9.20. The quantitative estimate of drug-likeness (QED) is 0.814. The van der Waals surface area contributed by atoms with E-state index < -0.39 is 10.0 Å². The molecule has 1 N–H and O–H groups in total. The van der Waals surface area contributed by atoms with Gasteiger partial charge in [-0.1, -0.05) is 0 Å². The van der Waals surface area contributed by atoms with Gasteiger partial charge in [-0.05, 0) is 72.8 Å². The lowest BCUT2D eigenvalue weighted by atomic mass is 9.69. The number of fused-ring (bicyclic) bond motifs is 7. The largest absolute Gasteiger partial charge is 0.379 e. The Kier molecular flexibility index (Phi) is 4.27. The van der Waals surface area contributed by atoms with Crippen LogP contribution in [0.25, 0.3) is 0 Å². The van der Waals surface area contributed by atoms with Gasteiger partial charge in [0.1, 0.15) is 0 Å². The zero-order chi connectivity index (χ0) is 20.5. The molecule has 8 heteroatoms. The highest BCUT2D eigenvalue weighted by atomic mass is 32.2. The number of ether oxygens (including phenoxy) is 1. The Hall–Kier alpha value is -1.90. The van der Waals surface area contributed by atoms with Crippen LogP contribution in [0.1, 0.15) is 42.5 Å². The number of morpholine rings is 1. The maximum atomic E-state index is 13.3. The molecule has 1 aromatic carbocycles. The van der Waals surface area contributed by atoms with Crippen LogP contribution in [-0.2, 0) is 21.8 Å². The summed E-state index contributed by atoms with van der Waals surface area (Å²) < 4.78 is 35.4. The summed E-state index contributed by atoms with van der Waals surface area (Å²) in [5.74, 6) is 2.26. The molecule has 0 radical (unpaired) electrons. The third kappa shape index (κ3) is 2.70. The molecule has 2 aliphatic carbocycles. The van der Waals surface area contributed by atoms with E-state index in [4.69, 9.17) is 4.74 Å². The molecule has 2 bridgehead atoms. The summed E-state index contributed by atoms with van der Waals surface area (Å²) in [6.45, 7) is 1.78. The molecule has 30 heavy (non-hydrogen) atoms. The topological polar surface area (TPSA) is 76.5 Å². The van der Waals surface area contributed by atoms with E-state index in [1.807, 2.05) is 30.1 Å². The van der Waals surface area contributed by atoms with E-state index >= 15 is 0 Å². The van der Waals surface area contributed by atoms with Gasteiger partial charge in [0.05, 0.1) is 29.8 Å². The molecule has 1 saturated heterocycles. The van der Waals surface area contributed by atoms with Crippen molar-refractivity contribution >= 4 is 15.7 Å². The molecule has 7 nitrogen and oxygen atoms in total. The minimum absolute atomic E-state index is 0.229. The van der Waals surface area contributed by atoms with E-state index in [0.29, 0.717) is 54.9 Å². The molecule has 6 rings (SSSR count). The van der Waals surface area contributed by atoms with Crippen LogP contribution in [0.3, 0.4) is 0 Å². The van der Waals surface area contributed by atoms with Crippen LogP contribution >= 0.6 is 0 Å². The molecule has 0 spiro atoms. The molecule has 1 aromatic heterocycles. The van der Waals surface area contributed by atoms with E-state index in [1.165, 1.54) is 30.5 Å². The van der Waals surface area contributed by atoms with Gasteiger partial charge in [-0.3, -0.25) is 4.68 Å². The predicted octanol–water partition coefficient (Wildman–Crippen LogP) is 2.74. The summed E-state index contributed by atoms with van der Waals surface area (Å²) in [4.78, 5) is 0.422. The lowest BCUT2D eigenvalue weighted by Gasteiger charge is -2.43. The van der Waals surface area contributed by atoms with Crippen LogP contribution in [0.5, 0.6) is 0 Å². The van der Waals surface area contributed by atoms with E-state index in [1.54, 1.807) is 10.4 Å². The highest BCUT2D eigenvalue weighted by molar-refractivity contribution is 7.89. The molecule has 5 unspecified atom stereocenters. The SMILES string of the molecule is Cn1nccc1C1Nc2ccc(S(=O)(=O)N3CCOCC3)cc2C2C3CCC(C3)C12. The van der Waals surface area contributed by atoms with Crippen molar-refractivity contribution in [2.24, 2.45) is 24.8 Å². The first-order valence-electron chi connectivity index (χ1n) is 11.0. The Morgan fingerprint density at radius 1 is 1.13 bits per heavy atom. The first-order valence-corrected chi connectivity index (χ1v) is 12.4. The van der Waals surface area contributed by atoms with Crippen molar-refractivity contribution in [3.63, 3.8) is 0 Å². The molecule has 2 aromatic rings. The number of hydrogen-bond acceptors (Lipinski definition) is 5. The van der Waals surface area contributed by atoms with Gasteiger partial charge in [-0.25, -0.2) is 8.42 Å². The van der Waals surface area contributed by atoms with Gasteiger partial charge in [0.15, 0.2) is 0 Å². The minimum Gasteiger partial charge on any atom is -0.379 e. The van der Waals surface area contributed by atoms with Crippen LogP contribution in [0.4, 0.5) is 5.69 Å². The van der Waals surface area contributed by atoms with Crippen LogP contribution in [0.2, 0.25) is 0 Å². The standard InChI is InChI=1S/C22H28N4O3S/c1-25-19(6-7-23-25)22-21-15-3-2-14(12-15)20(21)17-13-16(4-5-18(17)24-22)30(27,28)26-8-10-29-11-9-26/h4-7,13-15,20-22,24H,2-3,8-12H2,1H3. The van der Waals surface area contributed by atoms with Gasteiger partial charge in [0.2, 0.25) is 10.0 Å². The fraction of sp³-hybridized carbons (Fsp3) is 0.591. The Balaban J connectivity index is 1.42. The molecule has 0 amide bonds. The van der Waals surface area contributed by atoms with Crippen molar-refractivity contribution in [1.82, 2.24) is 14.1 Å². The van der Waals surface area contributed by atoms with Crippen LogP contribution in [0.15, 0.2) is 35.4 Å². The Bertz CT molecular complexity index is 1080. The fourth-order valence-corrected chi connectivity index (χ4v) is 7.99. The van der Waals surface area contributed by atoms with Crippen molar-refractivity contribution in [3.8, 4) is 0 Å². The predicted molar refractivity (Wildman–Crippen MR) is 113 cm³/mol. The molecule has 3 heterocycles. The number of benzene rings is 1. The summed E-state index contributed by atoms with van der Waals surface area (Å²) in [5, 5.41) is 8.17. The van der Waals surface area contributed by atoms with Gasteiger partial charge < -0.3 is 10.1 Å². The minimum atomic E-state index is -3.49. The first-order chi connectivity index (χ1) is 14.5. The third-order valence-corrected chi connectivity index (χ3v) is 9.74. The first kappa shape index (κ1) is 18.8. The summed E-state index contributed by atoms with van der Waals surface area (Å²) in [7, 11) is -1.48. The summed E-state index contributed by atoms with van der Waals surface area (Å²) in [5.41, 5.74) is 3.49. The number of nitrogens with one attached hydrogen (secondary N) is 1. The van der Waals surface area contributed by atoms with Gasteiger partial charge >= 0.3 is 0 Å². The highest BCUT2D eigenvalue weighted by Gasteiger charge is 2.54. The highest BCUT2D eigenvalue weighted by Crippen LogP contribution is 2.63. The second-order valence-corrected chi connectivity index (χ2v) is 11.1. The smallest absolute Gasteiger partial charge is 0.243 e. The van der Waals surface area contributed by atoms with Crippen molar-refractivity contribution in [2.75, 3.05) is 31.6 Å². The number of aryl methyl sites for hydroxylation is 1. The molecule has 2 aliphatic heterocycles. The summed E-state index contributed by atoms with van der Waals surface area (Å²) in [6.07, 6.45) is 5.66. The van der Waals surface area contributed by atoms with E-state index in [0.717, 1.165) is 5.69 Å². The van der Waals surface area contributed by atoms with Crippen LogP contribution < -0.4 is 5.32 Å². The Morgan fingerprint density at radius 2 is 1.93 bits per heavy atom. The van der Waals surface area contributed by atoms with E-state index in [-0.39, 0.29) is 6.04 Å². The van der Waals surface area contributed by atoms with Crippen molar-refractivity contribution < 1.29 is 13.2 Å². The van der Waals surface area contributed by atoms with Gasteiger partial charge in [0.25, 0.3) is 0 Å². The molecule has 4 aliphatic rings. The zero-order valence-corrected chi connectivity index (χ0v) is 18.0. The average Bonchev–Trinajstić information content (AvgIpc) is 3.50. The zero-order valence-electron chi connectivity index (χ0n) is 17.2. The Morgan fingerprint density at radius 3 is 2.70 bits per heavy atom. The average molecular weight is 429 g/mol. The number of nitrogens with zero attached hydrogens (tertiary/aromatic N) is 3. The number of aromatic nitrogens is 2. The van der Waals surface area contributed by atoms with Crippen molar-refractivity contribution in [3.05, 3.63) is 41.7 Å². The van der Waals surface area contributed by atoms with Crippen molar-refractivity contribution in [2.45, 2.75) is 36.1 Å². The number of sulfonamides is 1. The molecular weight excluding hydrogens is 400 g/mol. The van der Waals surface area contributed by atoms with Gasteiger partial charge in [-0.2, -0.15) is 9.40 Å². The van der Waals surface area contributed by atoms with E-state index in [2.05, 4.69) is 16.5 Å². The maximum Gasteiger partial charge on any atom is 0.243 e. The molecular formula is C22H28N4O3S. The maximum absolute atomic E-state index is 13.3. The molecule has 5 atom stereocenters. The Labute approximate surface area is 177 Å². The number of anilines is 1.